The minimum atomic E-state index is -3.89. The van der Waals surface area contributed by atoms with Gasteiger partial charge in [0.1, 0.15) is 4.21 Å². The van der Waals surface area contributed by atoms with Crippen LogP contribution in [-0.2, 0) is 10.0 Å². The van der Waals surface area contributed by atoms with E-state index in [0.717, 1.165) is 10.4 Å². The third-order valence-corrected chi connectivity index (χ3v) is 5.85. The Morgan fingerprint density at radius 3 is 2.53 bits per heavy atom. The number of rotatable bonds is 6. The highest BCUT2D eigenvalue weighted by atomic mass is 32.2. The molecule has 1 rings (SSSR count). The molecule has 0 aromatic carbocycles. The molecule has 0 unspecified atom stereocenters. The van der Waals surface area contributed by atoms with E-state index < -0.39 is 20.6 Å². The first-order chi connectivity index (χ1) is 8.71. The van der Waals surface area contributed by atoms with Crippen molar-refractivity contribution in [2.24, 2.45) is 0 Å². The third kappa shape index (κ3) is 3.21. The van der Waals surface area contributed by atoms with Crippen LogP contribution in [0.4, 0.5) is 10.7 Å². The molecule has 8 nitrogen and oxygen atoms in total. The molecule has 1 aromatic heterocycles. The Labute approximate surface area is 114 Å². The molecule has 0 radical (unpaired) electrons. The summed E-state index contributed by atoms with van der Waals surface area (Å²) >= 11 is 0.646. The van der Waals surface area contributed by atoms with Gasteiger partial charge in [0.05, 0.1) is 11.5 Å². The van der Waals surface area contributed by atoms with Gasteiger partial charge in [-0.2, -0.15) is 4.31 Å². The summed E-state index contributed by atoms with van der Waals surface area (Å²) in [5.74, 6) is 0. The van der Waals surface area contributed by atoms with Crippen LogP contribution >= 0.6 is 11.3 Å². The molecule has 0 fully saturated rings. The number of nitrogens with two attached hydrogens (primary N) is 1. The van der Waals surface area contributed by atoms with Crippen LogP contribution in [0.5, 0.6) is 0 Å². The first-order valence-electron chi connectivity index (χ1n) is 5.38. The van der Waals surface area contributed by atoms with E-state index in [4.69, 9.17) is 10.8 Å². The summed E-state index contributed by atoms with van der Waals surface area (Å²) in [5, 5.41) is 19.4. The lowest BCUT2D eigenvalue weighted by Crippen LogP contribution is -2.38. The number of sulfonamides is 1. The maximum Gasteiger partial charge on any atom is 0.304 e. The first kappa shape index (κ1) is 15.8. The molecule has 0 aliphatic rings. The lowest BCUT2D eigenvalue weighted by atomic mass is 10.4. The van der Waals surface area contributed by atoms with Gasteiger partial charge in [-0.05, 0) is 13.8 Å². The molecule has 0 spiro atoms. The Morgan fingerprint density at radius 2 is 2.16 bits per heavy atom. The van der Waals surface area contributed by atoms with Crippen LogP contribution in [0.2, 0.25) is 0 Å². The lowest BCUT2D eigenvalue weighted by Gasteiger charge is -2.23. The van der Waals surface area contributed by atoms with Gasteiger partial charge in [0, 0.05) is 18.7 Å². The molecule has 0 saturated carbocycles. The largest absolute Gasteiger partial charge is 0.395 e. The van der Waals surface area contributed by atoms with E-state index in [1.807, 2.05) is 0 Å². The van der Waals surface area contributed by atoms with E-state index in [9.17, 15) is 18.5 Å². The molecular weight excluding hydrogens is 294 g/mol. The summed E-state index contributed by atoms with van der Waals surface area (Å²) in [4.78, 5) is 9.95. The Hall–Kier alpha value is -1.23. The minimum Gasteiger partial charge on any atom is -0.395 e. The molecule has 10 heteroatoms. The van der Waals surface area contributed by atoms with Crippen molar-refractivity contribution in [3.8, 4) is 0 Å². The van der Waals surface area contributed by atoms with Crippen LogP contribution in [0.15, 0.2) is 10.3 Å². The number of hydrogen-bond donors (Lipinski definition) is 2. The Bertz CT molecular complexity index is 566. The molecule has 0 aliphatic heterocycles. The van der Waals surface area contributed by atoms with Crippen molar-refractivity contribution in [3.63, 3.8) is 0 Å². The van der Waals surface area contributed by atoms with Gasteiger partial charge in [-0.3, -0.25) is 10.1 Å². The number of nitrogens with zero attached hydrogens (tertiary/aromatic N) is 2. The van der Waals surface area contributed by atoms with Gasteiger partial charge < -0.3 is 10.8 Å². The highest BCUT2D eigenvalue weighted by molar-refractivity contribution is 7.91. The average molecular weight is 309 g/mol. The summed E-state index contributed by atoms with van der Waals surface area (Å²) in [6.45, 7) is 2.89. The number of aliphatic hydroxyl groups is 1. The number of hydrogen-bond acceptors (Lipinski definition) is 7. The Balaban J connectivity index is 3.26. The number of anilines is 1. The summed E-state index contributed by atoms with van der Waals surface area (Å²) in [6, 6.07) is 0.571. The van der Waals surface area contributed by atoms with Gasteiger partial charge >= 0.3 is 5.69 Å². The van der Waals surface area contributed by atoms with Crippen LogP contribution in [0.1, 0.15) is 13.8 Å². The molecule has 0 amide bonds. The van der Waals surface area contributed by atoms with Gasteiger partial charge in [-0.25, -0.2) is 8.42 Å². The topological polar surface area (TPSA) is 127 Å². The minimum absolute atomic E-state index is 0.0778. The molecule has 3 N–H and O–H groups in total. The zero-order valence-corrected chi connectivity index (χ0v) is 12.1. The predicted molar refractivity (Wildman–Crippen MR) is 71.5 cm³/mol. The highest BCUT2D eigenvalue weighted by Crippen LogP contribution is 2.36. The monoisotopic (exact) mass is 309 g/mol. The Kier molecular flexibility index (Phi) is 4.85. The summed E-state index contributed by atoms with van der Waals surface area (Å²) in [6.07, 6.45) is 0. The molecule has 0 aliphatic carbocycles. The number of nitrogen functional groups attached to an aromatic ring is 1. The van der Waals surface area contributed by atoms with E-state index >= 15 is 0 Å². The molecule has 0 atom stereocenters. The van der Waals surface area contributed by atoms with E-state index in [1.165, 1.54) is 0 Å². The van der Waals surface area contributed by atoms with Crippen LogP contribution in [0, 0.1) is 10.1 Å². The normalized spacial score (nSPS) is 12.3. The summed E-state index contributed by atoms with van der Waals surface area (Å²) in [5.41, 5.74) is 5.01. The van der Waals surface area contributed by atoms with E-state index in [1.54, 1.807) is 13.8 Å². The van der Waals surface area contributed by atoms with Gasteiger partial charge in [0.15, 0.2) is 5.00 Å². The van der Waals surface area contributed by atoms with Crippen molar-refractivity contribution in [1.82, 2.24) is 4.31 Å². The molecule has 0 bridgehead atoms. The second-order valence-corrected chi connectivity index (χ2v) is 7.21. The second-order valence-electron chi connectivity index (χ2n) is 4.01. The highest BCUT2D eigenvalue weighted by Gasteiger charge is 2.31. The van der Waals surface area contributed by atoms with Crippen molar-refractivity contribution in [2.75, 3.05) is 18.9 Å². The van der Waals surface area contributed by atoms with Crippen molar-refractivity contribution < 1.29 is 18.4 Å². The lowest BCUT2D eigenvalue weighted by molar-refractivity contribution is -0.383. The Morgan fingerprint density at radius 1 is 1.58 bits per heavy atom. The zero-order valence-electron chi connectivity index (χ0n) is 10.4. The zero-order chi connectivity index (χ0) is 14.8. The average Bonchev–Trinajstić information content (AvgIpc) is 2.68. The van der Waals surface area contributed by atoms with Crippen LogP contribution in [0.3, 0.4) is 0 Å². The molecule has 0 saturated heterocycles. The van der Waals surface area contributed by atoms with Gasteiger partial charge in [-0.15, -0.1) is 0 Å². The molecule has 1 heterocycles. The molecule has 108 valence electrons. The van der Waals surface area contributed by atoms with Gasteiger partial charge in [0.25, 0.3) is 10.0 Å². The van der Waals surface area contributed by atoms with Crippen molar-refractivity contribution >= 4 is 32.0 Å². The maximum absolute atomic E-state index is 12.3. The molecule has 19 heavy (non-hydrogen) atoms. The van der Waals surface area contributed by atoms with Crippen molar-refractivity contribution in [3.05, 3.63) is 16.2 Å². The molecule has 1 aromatic rings. The van der Waals surface area contributed by atoms with Crippen molar-refractivity contribution in [2.45, 2.75) is 24.1 Å². The molecular formula is C9H15N3O5S2. The van der Waals surface area contributed by atoms with Crippen molar-refractivity contribution in [1.29, 1.82) is 0 Å². The van der Waals surface area contributed by atoms with Crippen LogP contribution in [0.25, 0.3) is 0 Å². The second kappa shape index (κ2) is 5.82. The summed E-state index contributed by atoms with van der Waals surface area (Å²) < 4.78 is 25.5. The van der Waals surface area contributed by atoms with Crippen LogP contribution in [-0.4, -0.2) is 41.9 Å². The fourth-order valence-corrected chi connectivity index (χ4v) is 4.48. The third-order valence-electron chi connectivity index (χ3n) is 2.37. The number of thiophene rings is 1. The van der Waals surface area contributed by atoms with E-state index in [2.05, 4.69) is 0 Å². The number of nitro groups is 1. The number of aliphatic hydroxyl groups excluding tert-OH is 1. The summed E-state index contributed by atoms with van der Waals surface area (Å²) in [7, 11) is -3.89. The maximum atomic E-state index is 12.3. The fourth-order valence-electron chi connectivity index (χ4n) is 1.51. The quantitative estimate of drug-likeness (QED) is 0.586. The van der Waals surface area contributed by atoms with E-state index in [-0.39, 0.29) is 28.4 Å². The SMILES string of the molecule is CC(C)N(CCO)S(=O)(=O)c1cc([N+](=O)[O-])c(N)s1. The van der Waals surface area contributed by atoms with Gasteiger partial charge in [0.2, 0.25) is 0 Å². The standard InChI is InChI=1S/C9H15N3O5S2/c1-6(2)11(3-4-13)19(16,17)8-5-7(12(14)15)9(10)18-8/h5-6,13H,3-4,10H2,1-2H3. The fraction of sp³-hybridized carbons (Fsp3) is 0.556. The smallest absolute Gasteiger partial charge is 0.304 e. The predicted octanol–water partition coefficient (Wildman–Crippen LogP) is 0.630. The van der Waals surface area contributed by atoms with Crippen LogP contribution < -0.4 is 5.73 Å². The van der Waals surface area contributed by atoms with E-state index in [0.29, 0.717) is 11.3 Å². The first-order valence-corrected chi connectivity index (χ1v) is 7.63. The van der Waals surface area contributed by atoms with Gasteiger partial charge in [-0.1, -0.05) is 11.3 Å².